The van der Waals surface area contributed by atoms with E-state index in [0.29, 0.717) is 11.4 Å². The maximum atomic E-state index is 12.1. The molecule has 0 aliphatic carbocycles. The van der Waals surface area contributed by atoms with Crippen molar-refractivity contribution in [3.05, 3.63) is 65.2 Å². The highest BCUT2D eigenvalue weighted by atomic mass is 35.5. The van der Waals surface area contributed by atoms with Crippen molar-refractivity contribution in [3.63, 3.8) is 0 Å². The summed E-state index contributed by atoms with van der Waals surface area (Å²) in [4.78, 5) is 12.1. The normalized spacial score (nSPS) is 10.1. The number of hydrogen-bond acceptors (Lipinski definition) is 1. The van der Waals surface area contributed by atoms with Gasteiger partial charge in [-0.25, -0.2) is 0 Å². The van der Waals surface area contributed by atoms with Crippen molar-refractivity contribution in [2.75, 3.05) is 5.32 Å². The molecule has 0 saturated heterocycles. The summed E-state index contributed by atoms with van der Waals surface area (Å²) >= 11 is 5.76. The Balaban J connectivity index is 2.19. The van der Waals surface area contributed by atoms with Gasteiger partial charge in [-0.05, 0) is 36.2 Å². The average molecular weight is 260 g/mol. The van der Waals surface area contributed by atoms with Gasteiger partial charge in [0.1, 0.15) is 0 Å². The molecular formula is C15H14ClNO. The van der Waals surface area contributed by atoms with Crippen LogP contribution in [0, 0.1) is 6.92 Å². The second kappa shape index (κ2) is 5.69. The van der Waals surface area contributed by atoms with Crippen molar-refractivity contribution in [1.82, 2.24) is 0 Å². The van der Waals surface area contributed by atoms with Gasteiger partial charge in [0.2, 0.25) is 0 Å². The summed E-state index contributed by atoms with van der Waals surface area (Å²) in [5.74, 6) is 0.341. The van der Waals surface area contributed by atoms with Gasteiger partial charge in [-0.3, -0.25) is 4.79 Å². The summed E-state index contributed by atoms with van der Waals surface area (Å²) in [6.07, 6.45) is 0. The van der Waals surface area contributed by atoms with Gasteiger partial charge in [0, 0.05) is 17.1 Å². The molecule has 2 aromatic carbocycles. The average Bonchev–Trinajstić information content (AvgIpc) is 2.39. The summed E-state index contributed by atoms with van der Waals surface area (Å²) < 4.78 is 0. The van der Waals surface area contributed by atoms with Crippen LogP contribution >= 0.6 is 11.6 Å². The van der Waals surface area contributed by atoms with Crippen LogP contribution in [0.3, 0.4) is 0 Å². The van der Waals surface area contributed by atoms with Crippen LogP contribution in [0.15, 0.2) is 48.5 Å². The van der Waals surface area contributed by atoms with E-state index in [1.54, 1.807) is 0 Å². The number of anilines is 1. The van der Waals surface area contributed by atoms with E-state index in [-0.39, 0.29) is 5.91 Å². The van der Waals surface area contributed by atoms with Gasteiger partial charge in [-0.2, -0.15) is 0 Å². The van der Waals surface area contributed by atoms with Crippen LogP contribution in [0.25, 0.3) is 0 Å². The fourth-order valence-corrected chi connectivity index (χ4v) is 1.92. The first kappa shape index (κ1) is 12.7. The van der Waals surface area contributed by atoms with Gasteiger partial charge in [0.15, 0.2) is 0 Å². The molecule has 2 aromatic rings. The summed E-state index contributed by atoms with van der Waals surface area (Å²) in [5, 5.41) is 2.88. The van der Waals surface area contributed by atoms with Crippen LogP contribution in [-0.2, 0) is 5.88 Å². The van der Waals surface area contributed by atoms with Gasteiger partial charge < -0.3 is 5.32 Å². The van der Waals surface area contributed by atoms with E-state index < -0.39 is 0 Å². The van der Waals surface area contributed by atoms with Crippen LogP contribution in [0.2, 0.25) is 0 Å². The Hall–Kier alpha value is -1.80. The first-order chi connectivity index (χ1) is 8.70. The van der Waals surface area contributed by atoms with Gasteiger partial charge in [-0.1, -0.05) is 30.3 Å². The fourth-order valence-electron chi connectivity index (χ4n) is 1.76. The molecule has 0 aliphatic heterocycles. The Morgan fingerprint density at radius 1 is 1.17 bits per heavy atom. The second-order valence-electron chi connectivity index (χ2n) is 4.10. The van der Waals surface area contributed by atoms with Crippen LogP contribution < -0.4 is 5.32 Å². The quantitative estimate of drug-likeness (QED) is 0.830. The number of halogens is 1. The Bertz CT molecular complexity index is 566. The maximum absolute atomic E-state index is 12.1. The lowest BCUT2D eigenvalue weighted by molar-refractivity contribution is 0.102. The maximum Gasteiger partial charge on any atom is 0.255 e. The van der Waals surface area contributed by atoms with Gasteiger partial charge in [0.25, 0.3) is 5.91 Å². The molecule has 0 aliphatic rings. The Morgan fingerprint density at radius 2 is 1.94 bits per heavy atom. The molecule has 0 heterocycles. The topological polar surface area (TPSA) is 29.1 Å². The molecule has 1 N–H and O–H groups in total. The van der Waals surface area contributed by atoms with Crippen LogP contribution in [0.5, 0.6) is 0 Å². The number of amides is 1. The molecule has 3 heteroatoms. The van der Waals surface area contributed by atoms with Crippen LogP contribution in [-0.4, -0.2) is 5.91 Å². The lowest BCUT2D eigenvalue weighted by Crippen LogP contribution is -2.13. The number of benzene rings is 2. The molecule has 0 radical (unpaired) electrons. The zero-order valence-electron chi connectivity index (χ0n) is 10.1. The molecule has 2 nitrogen and oxygen atoms in total. The lowest BCUT2D eigenvalue weighted by atomic mass is 10.1. The minimum atomic E-state index is -0.0974. The van der Waals surface area contributed by atoms with Crippen molar-refractivity contribution < 1.29 is 4.79 Å². The van der Waals surface area contributed by atoms with Crippen molar-refractivity contribution in [2.24, 2.45) is 0 Å². The summed E-state index contributed by atoms with van der Waals surface area (Å²) in [6, 6.07) is 15.1. The van der Waals surface area contributed by atoms with Crippen molar-refractivity contribution >= 4 is 23.2 Å². The highest BCUT2D eigenvalue weighted by Crippen LogP contribution is 2.15. The molecule has 0 spiro atoms. The number of nitrogens with one attached hydrogen (secondary N) is 1. The predicted molar refractivity (Wildman–Crippen MR) is 75.1 cm³/mol. The smallest absolute Gasteiger partial charge is 0.255 e. The number of rotatable bonds is 3. The molecule has 0 atom stereocenters. The highest BCUT2D eigenvalue weighted by Gasteiger charge is 2.08. The first-order valence-electron chi connectivity index (χ1n) is 5.72. The van der Waals surface area contributed by atoms with E-state index in [0.717, 1.165) is 16.8 Å². The molecule has 2 rings (SSSR count). The molecule has 0 unspecified atom stereocenters. The first-order valence-corrected chi connectivity index (χ1v) is 6.26. The Labute approximate surface area is 112 Å². The highest BCUT2D eigenvalue weighted by molar-refractivity contribution is 6.17. The molecular weight excluding hydrogens is 246 g/mol. The number of carbonyl (C=O) groups excluding carboxylic acids is 1. The molecule has 18 heavy (non-hydrogen) atoms. The zero-order valence-corrected chi connectivity index (χ0v) is 10.9. The molecule has 0 fully saturated rings. The zero-order chi connectivity index (χ0) is 13.0. The van der Waals surface area contributed by atoms with E-state index in [1.165, 1.54) is 0 Å². The third kappa shape index (κ3) is 2.90. The van der Waals surface area contributed by atoms with Gasteiger partial charge in [0.05, 0.1) is 0 Å². The minimum Gasteiger partial charge on any atom is -0.322 e. The Kier molecular flexibility index (Phi) is 4.00. The molecule has 0 aromatic heterocycles. The SMILES string of the molecule is Cc1ccccc1C(=O)Nc1cccc(CCl)c1. The van der Waals surface area contributed by atoms with Crippen LogP contribution in [0.1, 0.15) is 21.5 Å². The van der Waals surface area contributed by atoms with E-state index in [1.807, 2.05) is 55.5 Å². The second-order valence-corrected chi connectivity index (χ2v) is 4.37. The van der Waals surface area contributed by atoms with E-state index in [2.05, 4.69) is 5.32 Å². The fraction of sp³-hybridized carbons (Fsp3) is 0.133. The number of aryl methyl sites for hydroxylation is 1. The van der Waals surface area contributed by atoms with Crippen molar-refractivity contribution in [2.45, 2.75) is 12.8 Å². The number of carbonyl (C=O) groups is 1. The van der Waals surface area contributed by atoms with Crippen molar-refractivity contribution in [1.29, 1.82) is 0 Å². The summed E-state index contributed by atoms with van der Waals surface area (Å²) in [6.45, 7) is 1.92. The monoisotopic (exact) mass is 259 g/mol. The molecule has 92 valence electrons. The van der Waals surface area contributed by atoms with Crippen molar-refractivity contribution in [3.8, 4) is 0 Å². The van der Waals surface area contributed by atoms with Gasteiger partial charge >= 0.3 is 0 Å². The van der Waals surface area contributed by atoms with Crippen LogP contribution in [0.4, 0.5) is 5.69 Å². The molecule has 1 amide bonds. The summed E-state index contributed by atoms with van der Waals surface area (Å²) in [7, 11) is 0. The van der Waals surface area contributed by atoms with E-state index in [9.17, 15) is 4.79 Å². The number of alkyl halides is 1. The summed E-state index contributed by atoms with van der Waals surface area (Å²) in [5.41, 5.74) is 3.40. The third-order valence-electron chi connectivity index (χ3n) is 2.73. The minimum absolute atomic E-state index is 0.0974. The Morgan fingerprint density at radius 3 is 2.67 bits per heavy atom. The lowest BCUT2D eigenvalue weighted by Gasteiger charge is -2.08. The third-order valence-corrected chi connectivity index (χ3v) is 3.04. The van der Waals surface area contributed by atoms with E-state index in [4.69, 9.17) is 11.6 Å². The molecule has 0 saturated carbocycles. The molecule has 0 bridgehead atoms. The largest absolute Gasteiger partial charge is 0.322 e. The standard InChI is InChI=1S/C15H14ClNO/c1-11-5-2-3-8-14(11)15(18)17-13-7-4-6-12(9-13)10-16/h2-9H,10H2,1H3,(H,17,18). The number of hydrogen-bond donors (Lipinski definition) is 1. The van der Waals surface area contributed by atoms with Gasteiger partial charge in [-0.15, -0.1) is 11.6 Å². The predicted octanol–water partition coefficient (Wildman–Crippen LogP) is 3.99. The van der Waals surface area contributed by atoms with E-state index >= 15 is 0 Å².